The van der Waals surface area contributed by atoms with Crippen molar-refractivity contribution in [2.75, 3.05) is 11.4 Å². The number of benzene rings is 2. The first kappa shape index (κ1) is 14.5. The molecule has 0 aliphatic rings. The Hall–Kier alpha value is -2.89. The highest BCUT2D eigenvalue weighted by Gasteiger charge is 2.20. The van der Waals surface area contributed by atoms with Crippen molar-refractivity contribution < 1.29 is 14.8 Å². The summed E-state index contributed by atoms with van der Waals surface area (Å²) in [4.78, 5) is 23.5. The van der Waals surface area contributed by atoms with Gasteiger partial charge in [0.2, 0.25) is 0 Å². The highest BCUT2D eigenvalue weighted by atomic mass is 16.6. The summed E-state index contributed by atoms with van der Waals surface area (Å²) < 4.78 is 0. The van der Waals surface area contributed by atoms with E-state index >= 15 is 0 Å². The molecule has 0 aromatic heterocycles. The largest absolute Gasteiger partial charge is 0.478 e. The molecule has 6 nitrogen and oxygen atoms in total. The summed E-state index contributed by atoms with van der Waals surface area (Å²) in [6.07, 6.45) is 0. The van der Waals surface area contributed by atoms with Gasteiger partial charge in [-0.05, 0) is 25.1 Å². The van der Waals surface area contributed by atoms with E-state index in [2.05, 4.69) is 0 Å². The van der Waals surface area contributed by atoms with Crippen molar-refractivity contribution >= 4 is 23.0 Å². The minimum absolute atomic E-state index is 0.0336. The lowest BCUT2D eigenvalue weighted by Crippen LogP contribution is -2.19. The first-order valence-electron chi connectivity index (χ1n) is 6.39. The fourth-order valence-corrected chi connectivity index (χ4v) is 2.14. The first-order valence-corrected chi connectivity index (χ1v) is 6.39. The fraction of sp³-hybridized carbons (Fsp3) is 0.133. The Morgan fingerprint density at radius 2 is 1.90 bits per heavy atom. The van der Waals surface area contributed by atoms with Crippen molar-refractivity contribution in [1.29, 1.82) is 0 Å². The van der Waals surface area contributed by atoms with Crippen molar-refractivity contribution in [1.82, 2.24) is 0 Å². The summed E-state index contributed by atoms with van der Waals surface area (Å²) in [5.41, 5.74) is 0.990. The number of nitro benzene ring substituents is 1. The van der Waals surface area contributed by atoms with Gasteiger partial charge in [0, 0.05) is 24.4 Å². The Bertz CT molecular complexity index is 671. The summed E-state index contributed by atoms with van der Waals surface area (Å²) in [6.45, 7) is 2.35. The molecule has 0 spiro atoms. The average molecular weight is 286 g/mol. The van der Waals surface area contributed by atoms with Gasteiger partial charge in [-0.15, -0.1) is 0 Å². The van der Waals surface area contributed by atoms with Crippen molar-refractivity contribution in [3.05, 3.63) is 64.2 Å². The molecule has 0 bridgehead atoms. The molecule has 0 saturated carbocycles. The molecule has 2 aromatic rings. The summed E-state index contributed by atoms with van der Waals surface area (Å²) in [5, 5.41) is 20.2. The predicted octanol–water partition coefficient (Wildman–Crippen LogP) is 3.45. The van der Waals surface area contributed by atoms with Crippen LogP contribution in [0.4, 0.5) is 17.1 Å². The van der Waals surface area contributed by atoms with Gasteiger partial charge in [0.1, 0.15) is 0 Å². The number of carboxylic acids is 1. The van der Waals surface area contributed by atoms with Gasteiger partial charge in [0.05, 0.1) is 16.2 Å². The molecule has 0 atom stereocenters. The normalized spacial score (nSPS) is 10.1. The highest BCUT2D eigenvalue weighted by Crippen LogP contribution is 2.31. The maximum atomic E-state index is 11.4. The standard InChI is InChI=1S/C15H14N2O4/c1-2-16(11-6-4-3-5-7-11)14-10-12(17(20)21)8-9-13(14)15(18)19/h3-10H,2H2,1H3,(H,18,19). The molecule has 0 heterocycles. The van der Waals surface area contributed by atoms with E-state index in [9.17, 15) is 20.0 Å². The lowest BCUT2D eigenvalue weighted by atomic mass is 10.1. The minimum Gasteiger partial charge on any atom is -0.478 e. The van der Waals surface area contributed by atoms with Crippen LogP contribution in [0.25, 0.3) is 0 Å². The zero-order chi connectivity index (χ0) is 15.4. The second-order valence-electron chi connectivity index (χ2n) is 4.34. The number of non-ortho nitro benzene ring substituents is 1. The Labute approximate surface area is 121 Å². The van der Waals surface area contributed by atoms with E-state index < -0.39 is 10.9 Å². The monoisotopic (exact) mass is 286 g/mol. The zero-order valence-corrected chi connectivity index (χ0v) is 11.4. The van der Waals surface area contributed by atoms with E-state index in [1.165, 1.54) is 18.2 Å². The number of aromatic carboxylic acids is 1. The predicted molar refractivity (Wildman–Crippen MR) is 79.2 cm³/mol. The van der Waals surface area contributed by atoms with Crippen LogP contribution in [0.3, 0.4) is 0 Å². The molecule has 0 radical (unpaired) electrons. The van der Waals surface area contributed by atoms with Crippen LogP contribution in [0.1, 0.15) is 17.3 Å². The third-order valence-electron chi connectivity index (χ3n) is 3.10. The molecular formula is C15H14N2O4. The maximum absolute atomic E-state index is 11.4. The highest BCUT2D eigenvalue weighted by molar-refractivity contribution is 5.96. The topological polar surface area (TPSA) is 83.7 Å². The third-order valence-corrected chi connectivity index (χ3v) is 3.10. The average Bonchev–Trinajstić information content (AvgIpc) is 2.48. The van der Waals surface area contributed by atoms with Gasteiger partial charge in [-0.3, -0.25) is 10.1 Å². The van der Waals surface area contributed by atoms with E-state index in [0.717, 1.165) is 5.69 Å². The van der Waals surface area contributed by atoms with Crippen LogP contribution < -0.4 is 4.90 Å². The SMILES string of the molecule is CCN(c1ccccc1)c1cc([N+](=O)[O-])ccc1C(=O)O. The van der Waals surface area contributed by atoms with Gasteiger partial charge >= 0.3 is 5.97 Å². The lowest BCUT2D eigenvalue weighted by Gasteiger charge is -2.24. The van der Waals surface area contributed by atoms with Gasteiger partial charge in [-0.25, -0.2) is 4.79 Å². The van der Waals surface area contributed by atoms with Crippen molar-refractivity contribution in [2.24, 2.45) is 0 Å². The van der Waals surface area contributed by atoms with Crippen LogP contribution in [0, 0.1) is 10.1 Å². The number of nitro groups is 1. The molecule has 0 aliphatic carbocycles. The van der Waals surface area contributed by atoms with Crippen LogP contribution in [0.2, 0.25) is 0 Å². The Morgan fingerprint density at radius 3 is 2.43 bits per heavy atom. The molecule has 1 N–H and O–H groups in total. The summed E-state index contributed by atoms with van der Waals surface area (Å²) in [7, 11) is 0. The first-order chi connectivity index (χ1) is 10.0. The van der Waals surface area contributed by atoms with Gasteiger partial charge in [-0.2, -0.15) is 0 Å². The Kier molecular flexibility index (Phi) is 4.18. The number of para-hydroxylation sites is 1. The number of nitrogens with zero attached hydrogens (tertiary/aromatic N) is 2. The van der Waals surface area contributed by atoms with E-state index in [-0.39, 0.29) is 11.3 Å². The molecule has 0 aliphatic heterocycles. The molecule has 6 heteroatoms. The van der Waals surface area contributed by atoms with Gasteiger partial charge < -0.3 is 10.0 Å². The van der Waals surface area contributed by atoms with Gasteiger partial charge in [0.25, 0.3) is 5.69 Å². The molecule has 0 amide bonds. The lowest BCUT2D eigenvalue weighted by molar-refractivity contribution is -0.384. The molecule has 108 valence electrons. The fourth-order valence-electron chi connectivity index (χ4n) is 2.14. The molecule has 2 rings (SSSR count). The van der Waals surface area contributed by atoms with E-state index in [1.807, 2.05) is 37.3 Å². The second kappa shape index (κ2) is 6.04. The quantitative estimate of drug-likeness (QED) is 0.672. The van der Waals surface area contributed by atoms with Gasteiger partial charge in [0.15, 0.2) is 0 Å². The van der Waals surface area contributed by atoms with Crippen molar-refractivity contribution in [2.45, 2.75) is 6.92 Å². The number of carboxylic acid groups (broad SMARTS) is 1. The van der Waals surface area contributed by atoms with Gasteiger partial charge in [-0.1, -0.05) is 18.2 Å². The van der Waals surface area contributed by atoms with Crippen LogP contribution >= 0.6 is 0 Å². The summed E-state index contributed by atoms with van der Waals surface area (Å²) in [6, 6.07) is 12.9. The van der Waals surface area contributed by atoms with Crippen LogP contribution in [-0.2, 0) is 0 Å². The minimum atomic E-state index is -1.12. The number of hydrogen-bond acceptors (Lipinski definition) is 4. The van der Waals surface area contributed by atoms with Crippen molar-refractivity contribution in [3.8, 4) is 0 Å². The second-order valence-corrected chi connectivity index (χ2v) is 4.34. The van der Waals surface area contributed by atoms with E-state index in [0.29, 0.717) is 12.2 Å². The molecule has 0 saturated heterocycles. The van der Waals surface area contributed by atoms with E-state index in [4.69, 9.17) is 0 Å². The van der Waals surface area contributed by atoms with Crippen molar-refractivity contribution in [3.63, 3.8) is 0 Å². The summed E-state index contributed by atoms with van der Waals surface area (Å²) in [5.74, 6) is -1.12. The molecule has 0 unspecified atom stereocenters. The Morgan fingerprint density at radius 1 is 1.24 bits per heavy atom. The third kappa shape index (κ3) is 3.00. The summed E-state index contributed by atoms with van der Waals surface area (Å²) >= 11 is 0. The van der Waals surface area contributed by atoms with Crippen LogP contribution in [-0.4, -0.2) is 22.5 Å². The zero-order valence-electron chi connectivity index (χ0n) is 11.4. The molecule has 2 aromatic carbocycles. The molecular weight excluding hydrogens is 272 g/mol. The van der Waals surface area contributed by atoms with Crippen LogP contribution in [0.5, 0.6) is 0 Å². The molecule has 21 heavy (non-hydrogen) atoms. The maximum Gasteiger partial charge on any atom is 0.337 e. The smallest absolute Gasteiger partial charge is 0.337 e. The number of anilines is 2. The number of hydrogen-bond donors (Lipinski definition) is 1. The van der Waals surface area contributed by atoms with Crippen LogP contribution in [0.15, 0.2) is 48.5 Å². The van der Waals surface area contributed by atoms with E-state index in [1.54, 1.807) is 4.90 Å². The number of carbonyl (C=O) groups is 1. The molecule has 0 fully saturated rings. The Balaban J connectivity index is 2.60. The number of rotatable bonds is 5.